The second-order valence-electron chi connectivity index (χ2n) is 12.5. The second-order valence-corrected chi connectivity index (χ2v) is 12.5. The van der Waals surface area contributed by atoms with Gasteiger partial charge in [0.1, 0.15) is 31.3 Å². The van der Waals surface area contributed by atoms with Crippen molar-refractivity contribution < 1.29 is 42.7 Å². The van der Waals surface area contributed by atoms with Crippen molar-refractivity contribution in [3.8, 4) is 0 Å². The highest BCUT2D eigenvalue weighted by atomic mass is 16.6. The summed E-state index contributed by atoms with van der Waals surface area (Å²) in [6.07, 6.45) is 2.13. The minimum absolute atomic E-state index is 0.0950. The van der Waals surface area contributed by atoms with Crippen molar-refractivity contribution in [2.45, 2.75) is 59.2 Å². The lowest BCUT2D eigenvalue weighted by Gasteiger charge is -2.41. The number of nitrogens with zero attached hydrogens (tertiary/aromatic N) is 2. The van der Waals surface area contributed by atoms with Crippen LogP contribution in [0.3, 0.4) is 0 Å². The summed E-state index contributed by atoms with van der Waals surface area (Å²) in [5.41, 5.74) is 0.974. The molecule has 3 rings (SSSR count). The summed E-state index contributed by atoms with van der Waals surface area (Å²) in [5.74, 6) is -2.97. The fourth-order valence-corrected chi connectivity index (χ4v) is 4.96. The molecule has 0 aromatic heterocycles. The number of anilines is 1. The lowest BCUT2D eigenvalue weighted by atomic mass is 10.0. The first-order chi connectivity index (χ1) is 20.7. The normalized spacial score (nSPS) is 16.9. The maximum atomic E-state index is 12.8. The molecular weight excluding hydrogens is 570 g/mol. The van der Waals surface area contributed by atoms with E-state index in [9.17, 15) is 28.8 Å². The summed E-state index contributed by atoms with van der Waals surface area (Å²) in [6, 6.07) is 6.41. The molecule has 13 heteroatoms. The number of nitrogens with one attached hydrogen (secondary N) is 3. The molecule has 1 aromatic carbocycles. The first kappa shape index (κ1) is 34.4. The van der Waals surface area contributed by atoms with Crippen molar-refractivity contribution in [3.05, 3.63) is 42.0 Å². The molecule has 1 atom stereocenters. The Kier molecular flexibility index (Phi) is 11.8. The molecule has 1 aromatic rings. The van der Waals surface area contributed by atoms with Crippen LogP contribution in [0.25, 0.3) is 0 Å². The van der Waals surface area contributed by atoms with E-state index in [1.807, 2.05) is 32.9 Å². The van der Waals surface area contributed by atoms with Crippen LogP contribution in [0.15, 0.2) is 36.4 Å². The van der Waals surface area contributed by atoms with Crippen LogP contribution < -0.4 is 16.0 Å². The van der Waals surface area contributed by atoms with Crippen molar-refractivity contribution >= 4 is 41.2 Å². The number of carbonyl (C=O) groups is 6. The lowest BCUT2D eigenvalue weighted by Crippen LogP contribution is -2.57. The van der Waals surface area contributed by atoms with Gasteiger partial charge in [0.05, 0.1) is 19.8 Å². The summed E-state index contributed by atoms with van der Waals surface area (Å²) < 4.78 is 11.6. The van der Waals surface area contributed by atoms with Gasteiger partial charge < -0.3 is 29.9 Å². The standard InChI is InChI=1S/C31H43N5O8/c1-21(2)29(34-24(37)12-13-35-26(39)10-11-27(35)40)30(42)32-18-25(38)33-23-8-6-22(7-9-23)19-36(14-16-43-17-15-36)20-28(41)44-31(3,4)5/h6-11,21,29H,12-20H2,1-5H3,(H2-,32,33,34,37,38,42)/p+1. The molecule has 1 unspecified atom stereocenters. The molecule has 240 valence electrons. The number of hydrogen-bond donors (Lipinski definition) is 3. The predicted molar refractivity (Wildman–Crippen MR) is 161 cm³/mol. The van der Waals surface area contributed by atoms with Crippen molar-refractivity contribution in [3.63, 3.8) is 0 Å². The quantitative estimate of drug-likeness (QED) is 0.168. The van der Waals surface area contributed by atoms with E-state index in [2.05, 4.69) is 16.0 Å². The number of rotatable bonds is 13. The highest BCUT2D eigenvalue weighted by Gasteiger charge is 2.35. The molecular formula is C31H44N5O8+. The maximum Gasteiger partial charge on any atom is 0.362 e. The van der Waals surface area contributed by atoms with Crippen molar-refractivity contribution in [1.82, 2.24) is 15.5 Å². The average molecular weight is 615 g/mol. The van der Waals surface area contributed by atoms with Gasteiger partial charge in [-0.1, -0.05) is 26.0 Å². The van der Waals surface area contributed by atoms with E-state index in [4.69, 9.17) is 9.47 Å². The summed E-state index contributed by atoms with van der Waals surface area (Å²) in [6.45, 7) is 12.0. The average Bonchev–Trinajstić information content (AvgIpc) is 3.26. The SMILES string of the molecule is CC(C)C(NC(=O)CCN1C(=O)C=CC1=O)C(=O)NCC(=O)Nc1ccc(C[N+]2(CC(=O)OC(C)(C)C)CCOCC2)cc1. The van der Waals surface area contributed by atoms with Crippen LogP contribution in [0.5, 0.6) is 0 Å². The third-order valence-corrected chi connectivity index (χ3v) is 7.21. The highest BCUT2D eigenvalue weighted by molar-refractivity contribution is 6.13. The Morgan fingerprint density at radius 1 is 0.977 bits per heavy atom. The van der Waals surface area contributed by atoms with Gasteiger partial charge in [-0.3, -0.25) is 28.9 Å². The van der Waals surface area contributed by atoms with Gasteiger partial charge in [0, 0.05) is 36.4 Å². The van der Waals surface area contributed by atoms with E-state index in [0.29, 0.717) is 43.0 Å². The topological polar surface area (TPSA) is 160 Å². The fraction of sp³-hybridized carbons (Fsp3) is 0.548. The largest absolute Gasteiger partial charge is 0.456 e. The third-order valence-electron chi connectivity index (χ3n) is 7.21. The maximum absolute atomic E-state index is 12.8. The first-order valence-electron chi connectivity index (χ1n) is 14.8. The molecule has 1 saturated heterocycles. The Bertz CT molecular complexity index is 1240. The van der Waals surface area contributed by atoms with Crippen LogP contribution in [0.4, 0.5) is 5.69 Å². The summed E-state index contributed by atoms with van der Waals surface area (Å²) in [4.78, 5) is 74.7. The number of ether oxygens (including phenoxy) is 2. The number of morpholine rings is 1. The van der Waals surface area contributed by atoms with E-state index in [0.717, 1.165) is 22.6 Å². The fourth-order valence-electron chi connectivity index (χ4n) is 4.96. The molecule has 0 radical (unpaired) electrons. The lowest BCUT2D eigenvalue weighted by molar-refractivity contribution is -0.941. The summed E-state index contributed by atoms with van der Waals surface area (Å²) >= 11 is 0. The molecule has 0 saturated carbocycles. The molecule has 2 aliphatic rings. The van der Waals surface area contributed by atoms with Gasteiger partial charge in [-0.2, -0.15) is 0 Å². The van der Waals surface area contributed by atoms with Crippen LogP contribution in [-0.2, 0) is 44.8 Å². The minimum Gasteiger partial charge on any atom is -0.456 e. The van der Waals surface area contributed by atoms with Crippen LogP contribution in [0, 0.1) is 5.92 Å². The molecule has 44 heavy (non-hydrogen) atoms. The number of carbonyl (C=O) groups excluding carboxylic acids is 6. The predicted octanol–water partition coefficient (Wildman–Crippen LogP) is 0.886. The molecule has 13 nitrogen and oxygen atoms in total. The zero-order valence-electron chi connectivity index (χ0n) is 26.1. The highest BCUT2D eigenvalue weighted by Crippen LogP contribution is 2.21. The molecule has 5 amide bonds. The van der Waals surface area contributed by atoms with Crippen molar-refractivity contribution in [2.75, 3.05) is 51.3 Å². The molecule has 2 heterocycles. The van der Waals surface area contributed by atoms with Gasteiger partial charge in [0.25, 0.3) is 11.8 Å². The Morgan fingerprint density at radius 2 is 1.59 bits per heavy atom. The zero-order chi connectivity index (χ0) is 32.5. The Morgan fingerprint density at radius 3 is 2.16 bits per heavy atom. The van der Waals surface area contributed by atoms with Gasteiger partial charge in [-0.15, -0.1) is 0 Å². The van der Waals surface area contributed by atoms with E-state index in [-0.39, 0.29) is 37.9 Å². The monoisotopic (exact) mass is 614 g/mol. The number of quaternary nitrogens is 1. The first-order valence-corrected chi connectivity index (χ1v) is 14.8. The molecule has 0 aliphatic carbocycles. The van der Waals surface area contributed by atoms with Gasteiger partial charge in [-0.25, -0.2) is 4.79 Å². The second kappa shape index (κ2) is 15.1. The summed E-state index contributed by atoms with van der Waals surface area (Å²) in [7, 11) is 0. The van der Waals surface area contributed by atoms with E-state index in [1.54, 1.807) is 26.0 Å². The number of amides is 5. The molecule has 0 bridgehead atoms. The van der Waals surface area contributed by atoms with Gasteiger partial charge in [0.15, 0.2) is 6.54 Å². The summed E-state index contributed by atoms with van der Waals surface area (Å²) in [5, 5.41) is 7.92. The Hall–Kier alpha value is -4.10. The Balaban J connectivity index is 1.48. The van der Waals surface area contributed by atoms with Gasteiger partial charge in [-0.05, 0) is 38.8 Å². The smallest absolute Gasteiger partial charge is 0.362 e. The number of hydrogen-bond acceptors (Lipinski definition) is 8. The van der Waals surface area contributed by atoms with Gasteiger partial charge in [0.2, 0.25) is 17.7 Å². The minimum atomic E-state index is -0.908. The number of benzene rings is 1. The van der Waals surface area contributed by atoms with Crippen LogP contribution >= 0.6 is 0 Å². The van der Waals surface area contributed by atoms with E-state index in [1.165, 1.54) is 0 Å². The van der Waals surface area contributed by atoms with Crippen LogP contribution in [0.2, 0.25) is 0 Å². The zero-order valence-corrected chi connectivity index (χ0v) is 26.1. The third kappa shape index (κ3) is 10.6. The van der Waals surface area contributed by atoms with Crippen LogP contribution in [-0.4, -0.2) is 102 Å². The molecule has 1 fully saturated rings. The van der Waals surface area contributed by atoms with Crippen molar-refractivity contribution in [1.29, 1.82) is 0 Å². The van der Waals surface area contributed by atoms with Crippen molar-refractivity contribution in [2.24, 2.45) is 5.92 Å². The molecule has 0 spiro atoms. The van der Waals surface area contributed by atoms with E-state index < -0.39 is 41.2 Å². The van der Waals surface area contributed by atoms with E-state index >= 15 is 0 Å². The number of imide groups is 1. The van der Waals surface area contributed by atoms with Crippen LogP contribution in [0.1, 0.15) is 46.6 Å². The molecule has 3 N–H and O–H groups in total. The van der Waals surface area contributed by atoms with Gasteiger partial charge >= 0.3 is 5.97 Å². The number of esters is 1. The Labute approximate surface area is 257 Å². The molecule has 2 aliphatic heterocycles.